The van der Waals surface area contributed by atoms with Crippen LogP contribution in [0.3, 0.4) is 0 Å². The largest absolute Gasteiger partial charge is 0.481 e. The summed E-state index contributed by atoms with van der Waals surface area (Å²) >= 11 is 2.39. The highest BCUT2D eigenvalue weighted by Crippen LogP contribution is 2.28. The molecule has 3 saturated heterocycles. The molecule has 700 valence electrons. The van der Waals surface area contributed by atoms with Crippen LogP contribution in [0.4, 0.5) is 0 Å². The van der Waals surface area contributed by atoms with Gasteiger partial charge >= 0.3 is 29.8 Å². The van der Waals surface area contributed by atoms with Crippen molar-refractivity contribution in [1.82, 2.24) is 77.3 Å². The lowest BCUT2D eigenvalue weighted by Gasteiger charge is -2.34. The zero-order valence-electron chi connectivity index (χ0n) is 71.4. The molecule has 10 atom stereocenters. The van der Waals surface area contributed by atoms with E-state index in [0.29, 0.717) is 75.9 Å². The average molecular weight is 1810 g/mol. The summed E-state index contributed by atoms with van der Waals surface area (Å²) in [6, 6.07) is 2.08. The third-order valence-corrected chi connectivity index (χ3v) is 23.3. The zero-order chi connectivity index (χ0) is 92.0. The van der Waals surface area contributed by atoms with Gasteiger partial charge in [-0.25, -0.2) is 0 Å². The number of rotatable bonds is 42. The number of nitrogens with zero attached hydrogens (tertiary/aromatic N) is 6. The fourth-order valence-corrected chi connectivity index (χ4v) is 16.4. The van der Waals surface area contributed by atoms with Crippen LogP contribution in [0.15, 0.2) is 54.6 Å². The molecule has 0 aromatic heterocycles. The molecule has 0 saturated carbocycles. The van der Waals surface area contributed by atoms with Crippen LogP contribution in [0.1, 0.15) is 120 Å². The lowest BCUT2D eigenvalue weighted by molar-refractivity contribution is -0.148. The Morgan fingerprint density at radius 1 is 0.516 bits per heavy atom. The number of hydrogen-bond acceptors (Lipinski definition) is 27. The molecule has 4 aliphatic heterocycles. The monoisotopic (exact) mass is 1810 g/mol. The molecule has 2 bridgehead atoms. The van der Waals surface area contributed by atoms with Crippen LogP contribution in [0.25, 0.3) is 0 Å². The number of unbranched alkanes of at least 4 members (excludes halogenated alkanes) is 1. The maximum Gasteiger partial charge on any atom is 0.317 e. The minimum absolute atomic E-state index is 0.0185. The Balaban J connectivity index is 1.04. The number of nitrogens with two attached hydrogens (primary N) is 1. The standard InChI is InChI=1S/C82H124N16O26S2/c1-3-4-17-57(86-66(101)22-21-65(100)84-24-11-36-122-38-40-124-41-39-123-37-12-25-85-67(102)45-93-28-30-94(46-70(107)108)32-34-96(48-72(111)112)35-33-95(31-29-93)47-71(109)110)75(114)91-62-52-126-50-56-16-8-15-55(42-56)49-125-51-61(78(117)88-59(74(83)113)44-69(105)106)90-77(116)60(43-54-13-6-5-7-14-54)89-76(115)58(20-23-68(103)104)87-80(119)73(53(2)99)92-79(118)63-18-9-26-97(63)82(121)64-19-10-27-98(64)81(62)120/h5-8,13-16,42,53,57-64,73,99H,3-4,9-12,17-41,43-52H2,1-2H3,(H2,83,113)(H,84,100)(H,85,102)(H,86,101)(H,87,119)(H,88,117)(H,89,115)(H,90,116)(H,91,114)(H,92,118)(H,103,104)(H,105,106)(H,107,108)(H,109,110)(H,111,112)/t53-,57+,58+,59+,60+,61+,62+,63+,64+,73+/m1/s1. The number of nitrogens with one attached hydrogen (secondary N) is 9. The fraction of sp³-hybridized carbons (Fsp3) is 0.646. The Hall–Kier alpha value is -10.2. The van der Waals surface area contributed by atoms with E-state index in [1.54, 1.807) is 57.2 Å². The number of aliphatic hydroxyl groups is 1. The molecular weight excluding hydrogens is 1690 g/mol. The average Bonchev–Trinajstić information content (AvgIpc) is 1.64. The third kappa shape index (κ3) is 39.4. The van der Waals surface area contributed by atoms with Crippen molar-refractivity contribution >= 4 is 124 Å². The van der Waals surface area contributed by atoms with Crippen molar-refractivity contribution < 1.29 is 126 Å². The number of thioether (sulfide) groups is 2. The van der Waals surface area contributed by atoms with E-state index < -0.39 is 175 Å². The minimum Gasteiger partial charge on any atom is -0.481 e. The van der Waals surface area contributed by atoms with Crippen LogP contribution in [0.2, 0.25) is 0 Å². The second-order valence-corrected chi connectivity index (χ2v) is 33.2. The van der Waals surface area contributed by atoms with Gasteiger partial charge in [-0.3, -0.25) is 101 Å². The molecule has 126 heavy (non-hydrogen) atoms. The topological polar surface area (TPSA) is 593 Å². The first-order chi connectivity index (χ1) is 60.3. The van der Waals surface area contributed by atoms with Crippen molar-refractivity contribution in [3.8, 4) is 0 Å². The van der Waals surface area contributed by atoms with E-state index in [2.05, 4.69) is 47.9 Å². The first-order valence-electron chi connectivity index (χ1n) is 42.5. The van der Waals surface area contributed by atoms with Gasteiger partial charge in [0.15, 0.2) is 0 Å². The molecule has 17 N–H and O–H groups in total. The van der Waals surface area contributed by atoms with Gasteiger partial charge in [0.25, 0.3) is 0 Å². The van der Waals surface area contributed by atoms with Gasteiger partial charge in [-0.05, 0) is 75.0 Å². The molecule has 0 unspecified atom stereocenters. The van der Waals surface area contributed by atoms with Crippen molar-refractivity contribution in [3.05, 3.63) is 71.3 Å². The van der Waals surface area contributed by atoms with Gasteiger partial charge in [-0.2, -0.15) is 23.5 Å². The number of amides is 12. The number of benzene rings is 2. The van der Waals surface area contributed by atoms with E-state index in [4.69, 9.17) is 19.9 Å². The normalized spacial score (nSPS) is 21.4. The SMILES string of the molecule is CCCC[C@H](NC(=O)CCC(=O)NCCCOCCOCCOCCCNC(=O)CN1CCN(CC(=O)O)CCN(CC(=O)O)CCN(CC(=O)O)CC1)C(=O)N[C@H]1CSCc2cccc(c2)CSC[C@@H](C(=O)N[C@@H](CC(=O)O)C(N)=O)NC(=O)[C@H](Cc2ccccc2)NC(=O)[C@H](CCC(=O)O)NC(=O)[C@H]([C@@H](C)O)NC(=O)[C@@H]2CCCN2C(=O)[C@@H]2CCCN2C1=O. The Labute approximate surface area is 739 Å². The predicted molar refractivity (Wildman–Crippen MR) is 457 cm³/mol. The van der Waals surface area contributed by atoms with Gasteiger partial charge in [0.1, 0.15) is 54.4 Å². The maximum atomic E-state index is 15.2. The molecule has 44 heteroatoms. The summed E-state index contributed by atoms with van der Waals surface area (Å²) in [5, 5.41) is 82.6. The highest BCUT2D eigenvalue weighted by Gasteiger charge is 2.46. The van der Waals surface area contributed by atoms with Crippen molar-refractivity contribution in [3.63, 3.8) is 0 Å². The number of primary amides is 1. The lowest BCUT2D eigenvalue weighted by Crippen LogP contribution is -2.62. The quantitative estimate of drug-likeness (QED) is 0.0287. The number of fused-ring (bicyclic) bond motifs is 4. The molecule has 6 rings (SSSR count). The van der Waals surface area contributed by atoms with Crippen LogP contribution in [0, 0.1) is 0 Å². The summed E-state index contributed by atoms with van der Waals surface area (Å²) in [6.45, 7) is 6.64. The number of ether oxygens (including phenoxy) is 3. The molecule has 2 aromatic rings. The second-order valence-electron chi connectivity index (χ2n) is 31.2. The Morgan fingerprint density at radius 2 is 1.02 bits per heavy atom. The number of carbonyl (C=O) groups excluding carboxylic acids is 12. The third-order valence-electron chi connectivity index (χ3n) is 21.1. The van der Waals surface area contributed by atoms with Gasteiger partial charge in [0, 0.05) is 140 Å². The highest BCUT2D eigenvalue weighted by atomic mass is 32.2. The van der Waals surface area contributed by atoms with Crippen molar-refractivity contribution in [2.24, 2.45) is 5.73 Å². The summed E-state index contributed by atoms with van der Waals surface area (Å²) in [5.41, 5.74) is 7.43. The number of hydrogen-bond donors (Lipinski definition) is 16. The molecule has 4 aliphatic rings. The fourth-order valence-electron chi connectivity index (χ4n) is 14.4. The van der Waals surface area contributed by atoms with Gasteiger partial charge in [-0.1, -0.05) is 74.4 Å². The molecule has 42 nitrogen and oxygen atoms in total. The van der Waals surface area contributed by atoms with E-state index in [1.807, 2.05) is 24.0 Å². The number of carboxylic acids is 5. The first-order valence-corrected chi connectivity index (χ1v) is 44.8. The van der Waals surface area contributed by atoms with E-state index in [9.17, 15) is 107 Å². The summed E-state index contributed by atoms with van der Waals surface area (Å²) in [4.78, 5) is 237. The Morgan fingerprint density at radius 3 is 1.56 bits per heavy atom. The summed E-state index contributed by atoms with van der Waals surface area (Å²) in [5.74, 6) is -15.6. The number of carboxylic acid groups (broad SMARTS) is 5. The van der Waals surface area contributed by atoms with Gasteiger partial charge in [0.2, 0.25) is 70.9 Å². The molecular formula is C82H124N16O26S2. The van der Waals surface area contributed by atoms with Crippen molar-refractivity contribution in [1.29, 1.82) is 0 Å². The summed E-state index contributed by atoms with van der Waals surface area (Å²) in [6.07, 6.45) is -1.68. The first kappa shape index (κ1) is 105. The summed E-state index contributed by atoms with van der Waals surface area (Å²) < 4.78 is 16.9. The van der Waals surface area contributed by atoms with E-state index in [1.165, 1.54) is 21.6 Å². The summed E-state index contributed by atoms with van der Waals surface area (Å²) in [7, 11) is 0. The van der Waals surface area contributed by atoms with Gasteiger partial charge in [0.05, 0.1) is 65.1 Å². The van der Waals surface area contributed by atoms with E-state index in [0.717, 1.165) is 24.2 Å². The van der Waals surface area contributed by atoms with Crippen LogP contribution in [-0.2, 0) is 114 Å². The molecule has 12 amide bonds. The van der Waals surface area contributed by atoms with Gasteiger partial charge < -0.3 is 108 Å². The Bertz CT molecular complexity index is 3920. The molecule has 4 heterocycles. The highest BCUT2D eigenvalue weighted by molar-refractivity contribution is 7.98. The van der Waals surface area contributed by atoms with Crippen LogP contribution in [-0.4, -0.2) is 377 Å². The maximum absolute atomic E-state index is 15.2. The van der Waals surface area contributed by atoms with Crippen molar-refractivity contribution in [2.45, 2.75) is 182 Å². The van der Waals surface area contributed by atoms with Crippen LogP contribution < -0.4 is 53.6 Å². The van der Waals surface area contributed by atoms with Gasteiger partial charge in [-0.15, -0.1) is 0 Å². The van der Waals surface area contributed by atoms with Crippen LogP contribution in [0.5, 0.6) is 0 Å². The van der Waals surface area contributed by atoms with E-state index >= 15 is 4.79 Å². The Kier molecular flexibility index (Phi) is 47.1. The number of aliphatic carboxylic acids is 5. The number of carbonyl (C=O) groups is 17. The van der Waals surface area contributed by atoms with Crippen LogP contribution >= 0.6 is 23.5 Å². The molecule has 0 radical (unpaired) electrons. The lowest BCUT2D eigenvalue weighted by atomic mass is 10.0. The smallest absolute Gasteiger partial charge is 0.317 e. The second kappa shape index (κ2) is 56.8. The van der Waals surface area contributed by atoms with E-state index in [-0.39, 0.29) is 186 Å². The molecule has 3 fully saturated rings. The number of aliphatic hydroxyl groups excluding tert-OH is 1. The minimum atomic E-state index is -1.84. The molecule has 2 aromatic carbocycles. The predicted octanol–water partition coefficient (Wildman–Crippen LogP) is -3.50. The molecule has 0 aliphatic carbocycles. The van der Waals surface area contributed by atoms with Crippen molar-refractivity contribution in [2.75, 3.05) is 156 Å². The molecule has 0 spiro atoms. The zero-order valence-corrected chi connectivity index (χ0v) is 73.0.